The van der Waals surface area contributed by atoms with Gasteiger partial charge in [0.2, 0.25) is 0 Å². The summed E-state index contributed by atoms with van der Waals surface area (Å²) >= 11 is 0. The number of hydrogen-bond donors (Lipinski definition) is 0. The van der Waals surface area contributed by atoms with Crippen LogP contribution in [0.3, 0.4) is 0 Å². The molecule has 17 heavy (non-hydrogen) atoms. The van der Waals surface area contributed by atoms with Gasteiger partial charge in [0, 0.05) is 6.42 Å². The van der Waals surface area contributed by atoms with Crippen LogP contribution in [0.25, 0.3) is 0 Å². The van der Waals surface area contributed by atoms with Gasteiger partial charge < -0.3 is 9.47 Å². The molecule has 0 spiro atoms. The highest BCUT2D eigenvalue weighted by molar-refractivity contribution is 6.07. The molecule has 0 aliphatic carbocycles. The van der Waals surface area contributed by atoms with Gasteiger partial charge in [-0.25, -0.2) is 0 Å². The molecule has 0 N–H and O–H groups in total. The first-order chi connectivity index (χ1) is 8.22. The lowest BCUT2D eigenvalue weighted by Gasteiger charge is -2.06. The van der Waals surface area contributed by atoms with Crippen molar-refractivity contribution in [3.05, 3.63) is 29.3 Å². The van der Waals surface area contributed by atoms with Gasteiger partial charge in [0.05, 0.1) is 18.8 Å². The number of benzene rings is 1. The van der Waals surface area contributed by atoms with Crippen molar-refractivity contribution >= 4 is 11.8 Å². The molecular weight excluding hydrogens is 220 g/mol. The molecule has 0 saturated heterocycles. The first-order valence-electron chi connectivity index (χ1n) is 5.66. The molecule has 1 aliphatic rings. The van der Waals surface area contributed by atoms with Gasteiger partial charge >= 0.3 is 5.97 Å². The van der Waals surface area contributed by atoms with Crippen LogP contribution < -0.4 is 4.74 Å². The SMILES string of the molecule is CCOC(=O)CC(=O)c1cccc2c1OCC2. The monoisotopic (exact) mass is 234 g/mol. The summed E-state index contributed by atoms with van der Waals surface area (Å²) in [5.74, 6) is -0.114. The molecule has 1 aromatic carbocycles. The highest BCUT2D eigenvalue weighted by Gasteiger charge is 2.22. The van der Waals surface area contributed by atoms with Crippen LogP contribution in [0.5, 0.6) is 5.75 Å². The van der Waals surface area contributed by atoms with Crippen molar-refractivity contribution < 1.29 is 19.1 Å². The summed E-state index contributed by atoms with van der Waals surface area (Å²) in [6.45, 7) is 2.60. The summed E-state index contributed by atoms with van der Waals surface area (Å²) in [6.07, 6.45) is 0.587. The molecular formula is C13H14O4. The number of hydrogen-bond acceptors (Lipinski definition) is 4. The Morgan fingerprint density at radius 3 is 3.00 bits per heavy atom. The van der Waals surface area contributed by atoms with Crippen molar-refractivity contribution in [2.75, 3.05) is 13.2 Å². The summed E-state index contributed by atoms with van der Waals surface area (Å²) in [7, 11) is 0. The van der Waals surface area contributed by atoms with E-state index in [9.17, 15) is 9.59 Å². The third-order valence-electron chi connectivity index (χ3n) is 2.63. The van der Waals surface area contributed by atoms with Crippen molar-refractivity contribution in [2.45, 2.75) is 19.8 Å². The van der Waals surface area contributed by atoms with Crippen LogP contribution in [0, 0.1) is 0 Å². The summed E-state index contributed by atoms with van der Waals surface area (Å²) in [5, 5.41) is 0. The first-order valence-corrected chi connectivity index (χ1v) is 5.66. The van der Waals surface area contributed by atoms with Crippen LogP contribution in [0.2, 0.25) is 0 Å². The fourth-order valence-electron chi connectivity index (χ4n) is 1.87. The van der Waals surface area contributed by atoms with E-state index in [1.165, 1.54) is 0 Å². The van der Waals surface area contributed by atoms with E-state index in [1.54, 1.807) is 13.0 Å². The Balaban J connectivity index is 2.15. The van der Waals surface area contributed by atoms with E-state index in [4.69, 9.17) is 9.47 Å². The third kappa shape index (κ3) is 2.46. The van der Waals surface area contributed by atoms with Gasteiger partial charge in [-0.2, -0.15) is 0 Å². The predicted octanol–water partition coefficient (Wildman–Crippen LogP) is 1.76. The third-order valence-corrected chi connectivity index (χ3v) is 2.63. The summed E-state index contributed by atoms with van der Waals surface area (Å²) in [5.41, 5.74) is 1.51. The maximum atomic E-state index is 11.9. The van der Waals surface area contributed by atoms with Crippen LogP contribution in [0.1, 0.15) is 29.3 Å². The molecule has 0 aromatic heterocycles. The van der Waals surface area contributed by atoms with Crippen LogP contribution >= 0.6 is 0 Å². The Bertz CT molecular complexity index is 451. The Kier molecular flexibility index (Phi) is 3.42. The maximum absolute atomic E-state index is 11.9. The fourth-order valence-corrected chi connectivity index (χ4v) is 1.87. The molecule has 1 aliphatic heterocycles. The van der Waals surface area contributed by atoms with Crippen LogP contribution in [-0.2, 0) is 16.0 Å². The van der Waals surface area contributed by atoms with Crippen LogP contribution in [0.15, 0.2) is 18.2 Å². The lowest BCUT2D eigenvalue weighted by atomic mass is 10.0. The number of para-hydroxylation sites is 1. The minimum atomic E-state index is -0.492. The number of ketones is 1. The minimum absolute atomic E-state index is 0.229. The highest BCUT2D eigenvalue weighted by atomic mass is 16.5. The lowest BCUT2D eigenvalue weighted by Crippen LogP contribution is -2.12. The second-order valence-electron chi connectivity index (χ2n) is 3.80. The average Bonchev–Trinajstić information content (AvgIpc) is 2.76. The molecule has 0 unspecified atom stereocenters. The second kappa shape index (κ2) is 4.99. The van der Waals surface area contributed by atoms with Gasteiger partial charge in [0.1, 0.15) is 12.2 Å². The quantitative estimate of drug-likeness (QED) is 0.452. The number of ether oxygens (including phenoxy) is 2. The van der Waals surface area contributed by atoms with Gasteiger partial charge in [-0.05, 0) is 18.6 Å². The molecule has 0 bridgehead atoms. The van der Waals surface area contributed by atoms with Gasteiger partial charge in [-0.3, -0.25) is 9.59 Å². The number of carbonyl (C=O) groups is 2. The number of fused-ring (bicyclic) bond motifs is 1. The van der Waals surface area contributed by atoms with E-state index in [1.807, 2.05) is 12.1 Å². The zero-order chi connectivity index (χ0) is 12.3. The van der Waals surface area contributed by atoms with E-state index in [-0.39, 0.29) is 18.8 Å². The van der Waals surface area contributed by atoms with E-state index < -0.39 is 5.97 Å². The normalized spacial score (nSPS) is 12.8. The van der Waals surface area contributed by atoms with Crippen LogP contribution in [0.4, 0.5) is 0 Å². The minimum Gasteiger partial charge on any atom is -0.492 e. The Labute approximate surface area is 99.5 Å². The average molecular weight is 234 g/mol. The number of Topliss-reactive ketones (excluding diaryl/α,β-unsaturated/α-hetero) is 1. The van der Waals surface area contributed by atoms with Crippen molar-refractivity contribution in [3.8, 4) is 5.75 Å². The molecule has 0 saturated carbocycles. The first kappa shape index (κ1) is 11.6. The Morgan fingerprint density at radius 2 is 2.24 bits per heavy atom. The molecule has 90 valence electrons. The molecule has 0 radical (unpaired) electrons. The Morgan fingerprint density at radius 1 is 1.41 bits per heavy atom. The van der Waals surface area contributed by atoms with Gasteiger partial charge in [-0.15, -0.1) is 0 Å². The van der Waals surface area contributed by atoms with Gasteiger partial charge in [0.15, 0.2) is 5.78 Å². The molecule has 4 heteroatoms. The van der Waals surface area contributed by atoms with Gasteiger partial charge in [0.25, 0.3) is 0 Å². The summed E-state index contributed by atoms with van der Waals surface area (Å²) in [6, 6.07) is 5.43. The molecule has 0 fully saturated rings. The standard InChI is InChI=1S/C13H14O4/c1-2-16-12(15)8-11(14)10-5-3-4-9-6-7-17-13(9)10/h3-5H,2,6-8H2,1H3. The molecule has 0 atom stereocenters. The van der Waals surface area contributed by atoms with Crippen molar-refractivity contribution in [1.82, 2.24) is 0 Å². The maximum Gasteiger partial charge on any atom is 0.313 e. The van der Waals surface area contributed by atoms with Crippen molar-refractivity contribution in [2.24, 2.45) is 0 Å². The summed E-state index contributed by atoms with van der Waals surface area (Å²) < 4.78 is 10.2. The van der Waals surface area contributed by atoms with Gasteiger partial charge in [-0.1, -0.05) is 12.1 Å². The molecule has 1 aromatic rings. The smallest absolute Gasteiger partial charge is 0.313 e. The van der Waals surface area contributed by atoms with Crippen LogP contribution in [-0.4, -0.2) is 25.0 Å². The number of carbonyl (C=O) groups excluding carboxylic acids is 2. The second-order valence-corrected chi connectivity index (χ2v) is 3.80. The van der Waals surface area contributed by atoms with Crippen molar-refractivity contribution in [1.29, 1.82) is 0 Å². The van der Waals surface area contributed by atoms with E-state index >= 15 is 0 Å². The van der Waals surface area contributed by atoms with Crippen molar-refractivity contribution in [3.63, 3.8) is 0 Å². The largest absolute Gasteiger partial charge is 0.492 e. The zero-order valence-corrected chi connectivity index (χ0v) is 9.69. The number of esters is 1. The zero-order valence-electron chi connectivity index (χ0n) is 9.69. The molecule has 4 nitrogen and oxygen atoms in total. The molecule has 0 amide bonds. The molecule has 1 heterocycles. The van der Waals surface area contributed by atoms with E-state index in [0.29, 0.717) is 17.9 Å². The predicted molar refractivity (Wildman–Crippen MR) is 61.2 cm³/mol. The number of rotatable bonds is 4. The molecule has 2 rings (SSSR count). The fraction of sp³-hybridized carbons (Fsp3) is 0.385. The lowest BCUT2D eigenvalue weighted by molar-refractivity contribution is -0.141. The summed E-state index contributed by atoms with van der Waals surface area (Å²) in [4.78, 5) is 23.2. The Hall–Kier alpha value is -1.84. The van der Waals surface area contributed by atoms with E-state index in [0.717, 1.165) is 12.0 Å². The van der Waals surface area contributed by atoms with E-state index in [2.05, 4.69) is 0 Å². The highest BCUT2D eigenvalue weighted by Crippen LogP contribution is 2.30. The topological polar surface area (TPSA) is 52.6 Å².